The number of carbonyl (C=O) groups excluding carboxylic acids is 1. The van der Waals surface area contributed by atoms with Crippen molar-refractivity contribution in [3.05, 3.63) is 66.0 Å². The normalized spacial score (nSPS) is 19.3. The number of benzene rings is 2. The number of halogens is 1. The summed E-state index contributed by atoms with van der Waals surface area (Å²) in [5.74, 6) is 0.0201. The highest BCUT2D eigenvalue weighted by Crippen LogP contribution is 2.27. The van der Waals surface area contributed by atoms with Gasteiger partial charge in [0.15, 0.2) is 0 Å². The summed E-state index contributed by atoms with van der Waals surface area (Å²) in [6, 6.07) is 16.6. The van der Waals surface area contributed by atoms with E-state index >= 15 is 0 Å². The molecule has 27 heavy (non-hydrogen) atoms. The van der Waals surface area contributed by atoms with Crippen LogP contribution in [0.3, 0.4) is 0 Å². The summed E-state index contributed by atoms with van der Waals surface area (Å²) in [4.78, 5) is 19.8. The van der Waals surface area contributed by atoms with Gasteiger partial charge in [-0.1, -0.05) is 30.3 Å². The molecule has 0 aromatic heterocycles. The van der Waals surface area contributed by atoms with Crippen LogP contribution in [0.5, 0.6) is 0 Å². The molecule has 0 unspecified atom stereocenters. The Morgan fingerprint density at radius 2 is 1.44 bits per heavy atom. The Balaban J connectivity index is 1.49. The van der Waals surface area contributed by atoms with Gasteiger partial charge in [-0.3, -0.25) is 9.69 Å². The van der Waals surface area contributed by atoms with Crippen molar-refractivity contribution in [3.8, 4) is 0 Å². The number of likely N-dealkylation sites (tertiary alicyclic amines) is 1. The van der Waals surface area contributed by atoms with Gasteiger partial charge in [-0.25, -0.2) is 4.39 Å². The van der Waals surface area contributed by atoms with Crippen molar-refractivity contribution in [2.75, 3.05) is 44.2 Å². The Hall–Kier alpha value is -2.40. The molecular weight excluding hydrogens is 341 g/mol. The lowest BCUT2D eigenvalue weighted by Crippen LogP contribution is -2.51. The molecule has 0 bridgehead atoms. The van der Waals surface area contributed by atoms with Gasteiger partial charge in [0, 0.05) is 45.0 Å². The second-order valence-corrected chi connectivity index (χ2v) is 7.35. The quantitative estimate of drug-likeness (QED) is 0.830. The van der Waals surface area contributed by atoms with Crippen LogP contribution >= 0.6 is 0 Å². The van der Waals surface area contributed by atoms with Gasteiger partial charge in [-0.2, -0.15) is 0 Å². The standard InChI is InChI=1S/C22H26FN3O/c23-19-8-10-20(11-9-19)24-14-16-25(17-15-24)21(18-6-2-1-3-7-18)22(27)26-12-4-5-13-26/h1-3,6-11,21H,4-5,12-17H2/t21-/m1/s1. The van der Waals surface area contributed by atoms with E-state index in [-0.39, 0.29) is 17.8 Å². The number of amides is 1. The fourth-order valence-corrected chi connectivity index (χ4v) is 4.15. The van der Waals surface area contributed by atoms with Gasteiger partial charge in [0.1, 0.15) is 11.9 Å². The third-order valence-corrected chi connectivity index (χ3v) is 5.64. The Kier molecular flexibility index (Phi) is 5.39. The van der Waals surface area contributed by atoms with Crippen LogP contribution in [0.2, 0.25) is 0 Å². The molecule has 0 aliphatic carbocycles. The molecule has 2 aliphatic heterocycles. The maximum absolute atomic E-state index is 13.3. The van der Waals surface area contributed by atoms with E-state index in [1.807, 2.05) is 35.2 Å². The van der Waals surface area contributed by atoms with Gasteiger partial charge in [-0.05, 0) is 42.7 Å². The predicted octanol–water partition coefficient (Wildman–Crippen LogP) is 3.31. The first-order valence-electron chi connectivity index (χ1n) is 9.81. The van der Waals surface area contributed by atoms with E-state index in [0.29, 0.717) is 0 Å². The zero-order valence-corrected chi connectivity index (χ0v) is 15.6. The summed E-state index contributed by atoms with van der Waals surface area (Å²) in [6.45, 7) is 5.05. The lowest BCUT2D eigenvalue weighted by molar-refractivity contribution is -0.136. The second-order valence-electron chi connectivity index (χ2n) is 7.35. The summed E-state index contributed by atoms with van der Waals surface area (Å²) in [5, 5.41) is 0. The number of hydrogen-bond donors (Lipinski definition) is 0. The lowest BCUT2D eigenvalue weighted by atomic mass is 10.0. The summed E-state index contributed by atoms with van der Waals surface area (Å²) in [5.41, 5.74) is 2.11. The van der Waals surface area contributed by atoms with Crippen molar-refractivity contribution in [2.24, 2.45) is 0 Å². The molecule has 2 fully saturated rings. The van der Waals surface area contributed by atoms with E-state index in [1.165, 1.54) is 12.1 Å². The largest absolute Gasteiger partial charge is 0.369 e. The lowest BCUT2D eigenvalue weighted by Gasteiger charge is -2.40. The average Bonchev–Trinajstić information content (AvgIpc) is 3.25. The first kappa shape index (κ1) is 18.0. The number of rotatable bonds is 4. The van der Waals surface area contributed by atoms with Crippen molar-refractivity contribution >= 4 is 11.6 Å². The molecule has 142 valence electrons. The van der Waals surface area contributed by atoms with Gasteiger partial charge in [0.25, 0.3) is 0 Å². The Morgan fingerprint density at radius 3 is 2.07 bits per heavy atom. The summed E-state index contributed by atoms with van der Waals surface area (Å²) >= 11 is 0. The van der Waals surface area contributed by atoms with Gasteiger partial charge < -0.3 is 9.80 Å². The van der Waals surface area contributed by atoms with Crippen LogP contribution in [-0.2, 0) is 4.79 Å². The third kappa shape index (κ3) is 3.98. The van der Waals surface area contributed by atoms with Crippen LogP contribution in [0.25, 0.3) is 0 Å². The monoisotopic (exact) mass is 367 g/mol. The van der Waals surface area contributed by atoms with Crippen LogP contribution < -0.4 is 4.90 Å². The van der Waals surface area contributed by atoms with E-state index in [1.54, 1.807) is 0 Å². The number of nitrogens with zero attached hydrogens (tertiary/aromatic N) is 3. The summed E-state index contributed by atoms with van der Waals surface area (Å²) in [6.07, 6.45) is 2.21. The van der Waals surface area contributed by atoms with Gasteiger partial charge >= 0.3 is 0 Å². The molecule has 2 aromatic rings. The maximum atomic E-state index is 13.3. The molecule has 1 amide bonds. The SMILES string of the molecule is O=C([C@@H](c1ccccc1)N1CCN(c2ccc(F)cc2)CC1)N1CCCC1. The minimum Gasteiger partial charge on any atom is -0.369 e. The average molecular weight is 367 g/mol. The Bertz CT molecular complexity index is 751. The molecule has 2 aliphatic rings. The first-order chi connectivity index (χ1) is 13.2. The minimum atomic E-state index is -0.210. The zero-order valence-electron chi connectivity index (χ0n) is 15.6. The Morgan fingerprint density at radius 1 is 0.815 bits per heavy atom. The number of anilines is 1. The van der Waals surface area contributed by atoms with Crippen LogP contribution in [0.1, 0.15) is 24.4 Å². The van der Waals surface area contributed by atoms with Crippen LogP contribution in [0.4, 0.5) is 10.1 Å². The third-order valence-electron chi connectivity index (χ3n) is 5.64. The molecule has 0 N–H and O–H groups in total. The van der Waals surface area contributed by atoms with Crippen molar-refractivity contribution < 1.29 is 9.18 Å². The fraction of sp³-hybridized carbons (Fsp3) is 0.409. The molecule has 2 saturated heterocycles. The highest BCUT2D eigenvalue weighted by molar-refractivity contribution is 5.83. The number of piperazine rings is 1. The van der Waals surface area contributed by atoms with Crippen molar-refractivity contribution in [1.82, 2.24) is 9.80 Å². The van der Waals surface area contributed by atoms with Crippen molar-refractivity contribution in [2.45, 2.75) is 18.9 Å². The van der Waals surface area contributed by atoms with Crippen LogP contribution in [0.15, 0.2) is 54.6 Å². The predicted molar refractivity (Wildman–Crippen MR) is 105 cm³/mol. The molecular formula is C22H26FN3O. The van der Waals surface area contributed by atoms with E-state index in [4.69, 9.17) is 0 Å². The molecule has 5 heteroatoms. The second kappa shape index (κ2) is 8.09. The summed E-state index contributed by atoms with van der Waals surface area (Å²) in [7, 11) is 0. The first-order valence-corrected chi connectivity index (χ1v) is 9.81. The van der Waals surface area contributed by atoms with Gasteiger partial charge in [0.2, 0.25) is 5.91 Å². The molecule has 0 spiro atoms. The highest BCUT2D eigenvalue weighted by atomic mass is 19.1. The maximum Gasteiger partial charge on any atom is 0.244 e. The topological polar surface area (TPSA) is 26.8 Å². The van der Waals surface area contributed by atoms with E-state index in [9.17, 15) is 9.18 Å². The highest BCUT2D eigenvalue weighted by Gasteiger charge is 2.34. The molecule has 0 radical (unpaired) electrons. The Labute approximate surface area is 160 Å². The van der Waals surface area contributed by atoms with Crippen LogP contribution in [-0.4, -0.2) is 55.0 Å². The molecule has 4 nitrogen and oxygen atoms in total. The van der Waals surface area contributed by atoms with Gasteiger partial charge in [0.05, 0.1) is 0 Å². The van der Waals surface area contributed by atoms with E-state index in [0.717, 1.165) is 63.4 Å². The fourth-order valence-electron chi connectivity index (χ4n) is 4.15. The molecule has 0 saturated carbocycles. The minimum absolute atomic E-state index is 0.209. The zero-order chi connectivity index (χ0) is 18.6. The van der Waals surface area contributed by atoms with E-state index in [2.05, 4.69) is 21.9 Å². The number of hydrogen-bond acceptors (Lipinski definition) is 3. The van der Waals surface area contributed by atoms with E-state index < -0.39 is 0 Å². The van der Waals surface area contributed by atoms with Crippen LogP contribution in [0, 0.1) is 5.82 Å². The van der Waals surface area contributed by atoms with Crippen molar-refractivity contribution in [3.63, 3.8) is 0 Å². The number of carbonyl (C=O) groups is 1. The van der Waals surface area contributed by atoms with Gasteiger partial charge in [-0.15, -0.1) is 0 Å². The van der Waals surface area contributed by atoms with Crippen molar-refractivity contribution in [1.29, 1.82) is 0 Å². The molecule has 1 atom stereocenters. The summed E-state index contributed by atoms with van der Waals surface area (Å²) < 4.78 is 13.2. The smallest absolute Gasteiger partial charge is 0.244 e. The molecule has 2 heterocycles. The molecule has 2 aromatic carbocycles. The molecule has 4 rings (SSSR count).